The van der Waals surface area contributed by atoms with Crippen LogP contribution in [-0.4, -0.2) is 17.6 Å². The molecule has 0 bridgehead atoms. The highest BCUT2D eigenvalue weighted by Gasteiger charge is 2.13. The molecule has 0 fully saturated rings. The number of carbonyl (C=O) groups is 1. The second-order valence-electron chi connectivity index (χ2n) is 3.76. The molecule has 2 N–H and O–H groups in total. The first-order chi connectivity index (χ1) is 8.68. The summed E-state index contributed by atoms with van der Waals surface area (Å²) in [6, 6.07) is 8.52. The SMILES string of the molecule is O=C(NCC(O)c1ccccc1Cl)c1ccoc1. The highest BCUT2D eigenvalue weighted by molar-refractivity contribution is 6.31. The summed E-state index contributed by atoms with van der Waals surface area (Å²) < 4.78 is 4.80. The second kappa shape index (κ2) is 5.71. The van der Waals surface area contributed by atoms with Gasteiger partial charge in [-0.1, -0.05) is 29.8 Å². The molecule has 2 aromatic rings. The highest BCUT2D eigenvalue weighted by atomic mass is 35.5. The molecular weight excluding hydrogens is 254 g/mol. The lowest BCUT2D eigenvalue weighted by molar-refractivity contribution is 0.0915. The van der Waals surface area contributed by atoms with Gasteiger partial charge >= 0.3 is 0 Å². The quantitative estimate of drug-likeness (QED) is 0.892. The van der Waals surface area contributed by atoms with E-state index in [0.29, 0.717) is 16.1 Å². The number of hydrogen-bond acceptors (Lipinski definition) is 3. The maximum absolute atomic E-state index is 11.6. The van der Waals surface area contributed by atoms with E-state index in [1.807, 2.05) is 0 Å². The van der Waals surface area contributed by atoms with Gasteiger partial charge in [-0.25, -0.2) is 0 Å². The lowest BCUT2D eigenvalue weighted by Gasteiger charge is -2.13. The van der Waals surface area contributed by atoms with Gasteiger partial charge in [-0.15, -0.1) is 0 Å². The van der Waals surface area contributed by atoms with Crippen molar-refractivity contribution in [2.24, 2.45) is 0 Å². The van der Waals surface area contributed by atoms with E-state index < -0.39 is 6.10 Å². The lowest BCUT2D eigenvalue weighted by atomic mass is 10.1. The number of rotatable bonds is 4. The Balaban J connectivity index is 1.95. The number of benzene rings is 1. The summed E-state index contributed by atoms with van der Waals surface area (Å²) in [6.45, 7) is 0.0910. The molecular formula is C13H12ClNO3. The topological polar surface area (TPSA) is 62.5 Å². The predicted octanol–water partition coefficient (Wildman–Crippen LogP) is 2.40. The minimum atomic E-state index is -0.838. The minimum absolute atomic E-state index is 0.0910. The first kappa shape index (κ1) is 12.7. The molecule has 0 saturated carbocycles. The molecule has 0 aliphatic heterocycles. The number of furan rings is 1. The molecule has 1 heterocycles. The molecule has 1 aromatic heterocycles. The number of aliphatic hydroxyl groups excluding tert-OH is 1. The van der Waals surface area contributed by atoms with Crippen LogP contribution < -0.4 is 5.32 Å². The summed E-state index contributed by atoms with van der Waals surface area (Å²) in [7, 11) is 0. The molecule has 5 heteroatoms. The van der Waals surface area contributed by atoms with E-state index in [4.69, 9.17) is 16.0 Å². The second-order valence-corrected chi connectivity index (χ2v) is 4.17. The van der Waals surface area contributed by atoms with Crippen molar-refractivity contribution in [3.63, 3.8) is 0 Å². The van der Waals surface area contributed by atoms with Crippen LogP contribution in [-0.2, 0) is 0 Å². The Morgan fingerprint density at radius 2 is 2.17 bits per heavy atom. The van der Waals surface area contributed by atoms with Gasteiger partial charge in [-0.2, -0.15) is 0 Å². The van der Waals surface area contributed by atoms with E-state index >= 15 is 0 Å². The van der Waals surface area contributed by atoms with Crippen LogP contribution in [0.2, 0.25) is 5.02 Å². The third-order valence-electron chi connectivity index (χ3n) is 2.50. The smallest absolute Gasteiger partial charge is 0.254 e. The van der Waals surface area contributed by atoms with Crippen molar-refractivity contribution in [1.82, 2.24) is 5.32 Å². The van der Waals surface area contributed by atoms with Crippen LogP contribution in [0, 0.1) is 0 Å². The van der Waals surface area contributed by atoms with Crippen LogP contribution in [0.1, 0.15) is 22.0 Å². The van der Waals surface area contributed by atoms with Gasteiger partial charge in [0.1, 0.15) is 6.26 Å². The zero-order valence-corrected chi connectivity index (χ0v) is 10.2. The van der Waals surface area contributed by atoms with Gasteiger partial charge in [0, 0.05) is 17.1 Å². The average Bonchev–Trinajstić information content (AvgIpc) is 2.90. The minimum Gasteiger partial charge on any atom is -0.472 e. The molecule has 18 heavy (non-hydrogen) atoms. The zero-order valence-electron chi connectivity index (χ0n) is 9.47. The summed E-state index contributed by atoms with van der Waals surface area (Å²) in [5, 5.41) is 13.0. The fraction of sp³-hybridized carbons (Fsp3) is 0.154. The fourth-order valence-corrected chi connectivity index (χ4v) is 1.80. The number of amides is 1. The summed E-state index contributed by atoms with van der Waals surface area (Å²) >= 11 is 5.95. The van der Waals surface area contributed by atoms with Gasteiger partial charge in [-0.3, -0.25) is 4.79 Å². The van der Waals surface area contributed by atoms with Gasteiger partial charge in [0.15, 0.2) is 0 Å². The molecule has 0 spiro atoms. The Morgan fingerprint density at radius 1 is 1.39 bits per heavy atom. The summed E-state index contributed by atoms with van der Waals surface area (Å²) in [6.07, 6.45) is 1.92. The summed E-state index contributed by atoms with van der Waals surface area (Å²) in [5.41, 5.74) is 1.01. The highest BCUT2D eigenvalue weighted by Crippen LogP contribution is 2.21. The molecule has 0 aliphatic rings. The molecule has 2 rings (SSSR count). The first-order valence-electron chi connectivity index (χ1n) is 5.41. The molecule has 1 atom stereocenters. The molecule has 0 aliphatic carbocycles. The summed E-state index contributed by atoms with van der Waals surface area (Å²) in [5.74, 6) is -0.296. The standard InChI is InChI=1S/C13H12ClNO3/c14-11-4-2-1-3-10(11)12(16)7-15-13(17)9-5-6-18-8-9/h1-6,8,12,16H,7H2,(H,15,17). The lowest BCUT2D eigenvalue weighted by Crippen LogP contribution is -2.28. The molecule has 94 valence electrons. The number of halogens is 1. The van der Waals surface area contributed by atoms with E-state index in [9.17, 15) is 9.90 Å². The third kappa shape index (κ3) is 2.91. The Morgan fingerprint density at radius 3 is 2.83 bits per heavy atom. The zero-order chi connectivity index (χ0) is 13.0. The maximum atomic E-state index is 11.6. The molecule has 0 radical (unpaired) electrons. The molecule has 1 aromatic carbocycles. The van der Waals surface area contributed by atoms with Crippen molar-refractivity contribution in [2.75, 3.05) is 6.54 Å². The van der Waals surface area contributed by atoms with Crippen molar-refractivity contribution in [2.45, 2.75) is 6.10 Å². The van der Waals surface area contributed by atoms with Crippen LogP contribution in [0.25, 0.3) is 0 Å². The molecule has 1 amide bonds. The van der Waals surface area contributed by atoms with Gasteiger partial charge in [0.05, 0.1) is 17.9 Å². The third-order valence-corrected chi connectivity index (χ3v) is 2.85. The van der Waals surface area contributed by atoms with Gasteiger partial charge in [-0.05, 0) is 12.1 Å². The van der Waals surface area contributed by atoms with Crippen LogP contribution in [0.15, 0.2) is 47.3 Å². The maximum Gasteiger partial charge on any atom is 0.254 e. The van der Waals surface area contributed by atoms with Gasteiger partial charge in [0.2, 0.25) is 0 Å². The number of nitrogens with one attached hydrogen (secondary N) is 1. The van der Waals surface area contributed by atoms with Crippen molar-refractivity contribution >= 4 is 17.5 Å². The first-order valence-corrected chi connectivity index (χ1v) is 5.79. The van der Waals surface area contributed by atoms with E-state index in [0.717, 1.165) is 0 Å². The van der Waals surface area contributed by atoms with Crippen molar-refractivity contribution in [3.8, 4) is 0 Å². The average molecular weight is 266 g/mol. The Hall–Kier alpha value is -1.78. The van der Waals surface area contributed by atoms with Gasteiger partial charge < -0.3 is 14.8 Å². The Labute approximate surface area is 109 Å². The van der Waals surface area contributed by atoms with Crippen molar-refractivity contribution < 1.29 is 14.3 Å². The number of carbonyl (C=O) groups excluding carboxylic acids is 1. The van der Waals surface area contributed by atoms with Gasteiger partial charge in [0.25, 0.3) is 5.91 Å². The molecule has 0 saturated heterocycles. The predicted molar refractivity (Wildman–Crippen MR) is 67.5 cm³/mol. The largest absolute Gasteiger partial charge is 0.472 e. The van der Waals surface area contributed by atoms with E-state index in [2.05, 4.69) is 5.32 Å². The Bertz CT molecular complexity index is 525. The number of hydrogen-bond donors (Lipinski definition) is 2. The monoisotopic (exact) mass is 265 g/mol. The van der Waals surface area contributed by atoms with Crippen LogP contribution in [0.5, 0.6) is 0 Å². The van der Waals surface area contributed by atoms with E-state index in [1.54, 1.807) is 30.3 Å². The Kier molecular flexibility index (Phi) is 4.02. The summed E-state index contributed by atoms with van der Waals surface area (Å²) in [4.78, 5) is 11.6. The van der Waals surface area contributed by atoms with E-state index in [1.165, 1.54) is 12.5 Å². The van der Waals surface area contributed by atoms with Crippen molar-refractivity contribution in [3.05, 3.63) is 59.0 Å². The molecule has 4 nitrogen and oxygen atoms in total. The van der Waals surface area contributed by atoms with E-state index in [-0.39, 0.29) is 12.5 Å². The van der Waals surface area contributed by atoms with Crippen molar-refractivity contribution in [1.29, 1.82) is 0 Å². The molecule has 1 unspecified atom stereocenters. The normalized spacial score (nSPS) is 12.1. The number of aliphatic hydroxyl groups is 1. The van der Waals surface area contributed by atoms with Crippen LogP contribution >= 0.6 is 11.6 Å². The fourth-order valence-electron chi connectivity index (χ4n) is 1.54. The van der Waals surface area contributed by atoms with Crippen LogP contribution in [0.4, 0.5) is 0 Å². The van der Waals surface area contributed by atoms with Crippen LogP contribution in [0.3, 0.4) is 0 Å².